The van der Waals surface area contributed by atoms with Crippen molar-refractivity contribution in [3.8, 4) is 11.3 Å². The van der Waals surface area contributed by atoms with Gasteiger partial charge in [0, 0.05) is 16.3 Å². The van der Waals surface area contributed by atoms with Gasteiger partial charge in [-0.1, -0.05) is 29.8 Å². The average molecular weight is 394 g/mol. The summed E-state index contributed by atoms with van der Waals surface area (Å²) in [6.45, 7) is 1.96. The molecule has 136 valence electrons. The first-order valence-electron chi connectivity index (χ1n) is 9.07. The molecule has 0 saturated carbocycles. The smallest absolute Gasteiger partial charge is 0.233 e. The van der Waals surface area contributed by atoms with Gasteiger partial charge in [-0.25, -0.2) is 12.4 Å². The summed E-state index contributed by atoms with van der Waals surface area (Å²) in [6.07, 6.45) is 2.97. The highest BCUT2D eigenvalue weighted by Gasteiger charge is 2.30. The fraction of sp³-hybridized carbons (Fsp3) is 0.182. The van der Waals surface area contributed by atoms with Gasteiger partial charge in [-0.2, -0.15) is 11.3 Å². The van der Waals surface area contributed by atoms with E-state index in [0.717, 1.165) is 47.0 Å². The monoisotopic (exact) mass is 393 g/mol. The van der Waals surface area contributed by atoms with Crippen LogP contribution in [0.5, 0.6) is 0 Å². The lowest BCUT2D eigenvalue weighted by molar-refractivity contribution is 0.589. The summed E-state index contributed by atoms with van der Waals surface area (Å²) in [5.41, 5.74) is 6.08. The van der Waals surface area contributed by atoms with E-state index in [9.17, 15) is 8.42 Å². The van der Waals surface area contributed by atoms with Crippen molar-refractivity contribution in [1.82, 2.24) is 3.97 Å². The van der Waals surface area contributed by atoms with Crippen LogP contribution < -0.4 is 0 Å². The van der Waals surface area contributed by atoms with E-state index < -0.39 is 10.0 Å². The van der Waals surface area contributed by atoms with Gasteiger partial charge in [0.2, 0.25) is 0 Å². The first-order chi connectivity index (χ1) is 13.1. The molecule has 4 aromatic rings. The van der Waals surface area contributed by atoms with E-state index in [1.807, 2.05) is 48.0 Å². The Morgan fingerprint density at radius 1 is 1.00 bits per heavy atom. The number of rotatable bonds is 3. The predicted octanol–water partition coefficient (Wildman–Crippen LogP) is 5.40. The molecule has 0 N–H and O–H groups in total. The molecular weight excluding hydrogens is 374 g/mol. The topological polar surface area (TPSA) is 39.1 Å². The Morgan fingerprint density at radius 3 is 2.56 bits per heavy atom. The van der Waals surface area contributed by atoms with Crippen LogP contribution >= 0.6 is 11.3 Å². The van der Waals surface area contributed by atoms with Crippen molar-refractivity contribution in [2.24, 2.45) is 0 Å². The molecule has 2 heterocycles. The van der Waals surface area contributed by atoms with Crippen molar-refractivity contribution in [1.29, 1.82) is 0 Å². The molecule has 2 aromatic heterocycles. The lowest BCUT2D eigenvalue weighted by Gasteiger charge is -2.13. The van der Waals surface area contributed by atoms with Crippen molar-refractivity contribution >= 4 is 32.3 Å². The normalized spacial score (nSPS) is 14.0. The van der Waals surface area contributed by atoms with Gasteiger partial charge in [0.1, 0.15) is 0 Å². The minimum absolute atomic E-state index is 0.331. The molecule has 0 unspecified atom stereocenters. The van der Waals surface area contributed by atoms with Gasteiger partial charge in [0.05, 0.1) is 16.1 Å². The third-order valence-electron chi connectivity index (χ3n) is 5.36. The zero-order valence-electron chi connectivity index (χ0n) is 15.0. The highest BCUT2D eigenvalue weighted by atomic mass is 32.2. The number of benzene rings is 2. The van der Waals surface area contributed by atoms with Crippen LogP contribution in [0.1, 0.15) is 23.1 Å². The Labute approximate surface area is 163 Å². The second kappa shape index (κ2) is 6.08. The summed E-state index contributed by atoms with van der Waals surface area (Å²) in [5.74, 6) is 0. The molecule has 0 aliphatic heterocycles. The molecule has 0 saturated heterocycles. The fourth-order valence-electron chi connectivity index (χ4n) is 4.13. The van der Waals surface area contributed by atoms with Crippen molar-refractivity contribution < 1.29 is 8.42 Å². The molecule has 1 aliphatic rings. The fourth-order valence-corrected chi connectivity index (χ4v) is 6.33. The van der Waals surface area contributed by atoms with Gasteiger partial charge in [-0.05, 0) is 67.0 Å². The van der Waals surface area contributed by atoms with Gasteiger partial charge in [-0.3, -0.25) is 0 Å². The molecule has 0 amide bonds. The van der Waals surface area contributed by atoms with E-state index in [1.165, 1.54) is 11.1 Å². The van der Waals surface area contributed by atoms with E-state index in [4.69, 9.17) is 0 Å². The van der Waals surface area contributed by atoms with E-state index in [0.29, 0.717) is 4.90 Å². The van der Waals surface area contributed by atoms with E-state index in [1.54, 1.807) is 27.4 Å². The van der Waals surface area contributed by atoms with Crippen LogP contribution in [-0.4, -0.2) is 12.4 Å². The quantitative estimate of drug-likeness (QED) is 0.467. The molecule has 2 aromatic carbocycles. The van der Waals surface area contributed by atoms with Gasteiger partial charge in [0.15, 0.2) is 0 Å². The summed E-state index contributed by atoms with van der Waals surface area (Å²) in [5, 5.41) is 5.17. The summed E-state index contributed by atoms with van der Waals surface area (Å²) in [4.78, 5) is 0.331. The number of aromatic nitrogens is 1. The summed E-state index contributed by atoms with van der Waals surface area (Å²) >= 11 is 1.59. The van der Waals surface area contributed by atoms with E-state index in [2.05, 4.69) is 6.07 Å². The lowest BCUT2D eigenvalue weighted by Crippen LogP contribution is -2.14. The Hall–Kier alpha value is -2.37. The molecule has 27 heavy (non-hydrogen) atoms. The first-order valence-corrected chi connectivity index (χ1v) is 11.5. The third-order valence-corrected chi connectivity index (χ3v) is 7.78. The Kier molecular flexibility index (Phi) is 3.78. The number of hydrogen-bond donors (Lipinski definition) is 0. The van der Waals surface area contributed by atoms with Gasteiger partial charge < -0.3 is 0 Å². The van der Waals surface area contributed by atoms with Crippen molar-refractivity contribution in [2.75, 3.05) is 0 Å². The van der Waals surface area contributed by atoms with Crippen molar-refractivity contribution in [2.45, 2.75) is 31.1 Å². The Morgan fingerprint density at radius 2 is 1.81 bits per heavy atom. The van der Waals surface area contributed by atoms with Crippen LogP contribution in [0.25, 0.3) is 22.2 Å². The minimum Gasteiger partial charge on any atom is -0.233 e. The highest BCUT2D eigenvalue weighted by Crippen LogP contribution is 2.42. The molecule has 0 spiro atoms. The van der Waals surface area contributed by atoms with Gasteiger partial charge in [0.25, 0.3) is 10.0 Å². The highest BCUT2D eigenvalue weighted by molar-refractivity contribution is 7.90. The average Bonchev–Trinajstić information content (AvgIpc) is 3.30. The first kappa shape index (κ1) is 16.8. The number of hydrogen-bond acceptors (Lipinski definition) is 3. The predicted molar refractivity (Wildman–Crippen MR) is 111 cm³/mol. The van der Waals surface area contributed by atoms with Gasteiger partial charge >= 0.3 is 0 Å². The standard InChI is InChI=1S/C22H19NO2S2/c1-15-8-10-18(11-9-15)27(24,25)23-20-7-3-5-16-4-2-6-19(21(16)20)22(23)17-12-13-26-14-17/h3,5,7-14H,2,4,6H2,1H3. The number of aryl methyl sites for hydroxylation is 3. The maximum absolute atomic E-state index is 13.7. The van der Waals surface area contributed by atoms with E-state index in [-0.39, 0.29) is 0 Å². The molecular formula is C22H19NO2S2. The lowest BCUT2D eigenvalue weighted by atomic mass is 9.91. The molecule has 5 heteroatoms. The molecule has 0 radical (unpaired) electrons. The molecule has 5 rings (SSSR count). The second-order valence-electron chi connectivity index (χ2n) is 7.09. The summed E-state index contributed by atoms with van der Waals surface area (Å²) in [6, 6.07) is 15.2. The largest absolute Gasteiger partial charge is 0.268 e. The number of thiophene rings is 1. The van der Waals surface area contributed by atoms with E-state index >= 15 is 0 Å². The maximum Gasteiger partial charge on any atom is 0.268 e. The Balaban J connectivity index is 1.91. The molecule has 1 aliphatic carbocycles. The molecule has 3 nitrogen and oxygen atoms in total. The van der Waals surface area contributed by atoms with Crippen LogP contribution in [0.15, 0.2) is 64.2 Å². The van der Waals surface area contributed by atoms with Crippen LogP contribution in [0.3, 0.4) is 0 Å². The maximum atomic E-state index is 13.7. The van der Waals surface area contributed by atoms with Crippen molar-refractivity contribution in [3.05, 3.63) is 76.0 Å². The Bertz CT molecular complexity index is 1250. The summed E-state index contributed by atoms with van der Waals surface area (Å²) < 4.78 is 29.0. The molecule has 0 atom stereocenters. The molecule has 0 fully saturated rings. The molecule has 0 bridgehead atoms. The van der Waals surface area contributed by atoms with Crippen LogP contribution in [0.4, 0.5) is 0 Å². The van der Waals surface area contributed by atoms with Crippen LogP contribution in [-0.2, 0) is 22.9 Å². The second-order valence-corrected chi connectivity index (χ2v) is 9.65. The van der Waals surface area contributed by atoms with Crippen LogP contribution in [0, 0.1) is 6.92 Å². The zero-order chi connectivity index (χ0) is 18.6. The van der Waals surface area contributed by atoms with Crippen molar-refractivity contribution in [3.63, 3.8) is 0 Å². The van der Waals surface area contributed by atoms with Crippen LogP contribution in [0.2, 0.25) is 0 Å². The number of nitrogens with zero attached hydrogens (tertiary/aromatic N) is 1. The zero-order valence-corrected chi connectivity index (χ0v) is 16.6. The minimum atomic E-state index is -3.70. The van der Waals surface area contributed by atoms with Gasteiger partial charge in [-0.15, -0.1) is 0 Å². The summed E-state index contributed by atoms with van der Waals surface area (Å²) in [7, 11) is -3.70. The third kappa shape index (κ3) is 2.49. The SMILES string of the molecule is Cc1ccc(S(=O)(=O)n2c(-c3ccsc3)c3c4c(cccc42)CCC3)cc1.